The van der Waals surface area contributed by atoms with Gasteiger partial charge in [-0.2, -0.15) is 0 Å². The van der Waals surface area contributed by atoms with Gasteiger partial charge in [0.15, 0.2) is 11.6 Å². The van der Waals surface area contributed by atoms with Crippen LogP contribution in [0.5, 0.6) is 0 Å². The van der Waals surface area contributed by atoms with Gasteiger partial charge in [-0.3, -0.25) is 9.59 Å². The number of rotatable bonds is 10. The summed E-state index contributed by atoms with van der Waals surface area (Å²) in [4.78, 5) is 26.6. The molecule has 0 spiro atoms. The molecule has 0 amide bonds. The summed E-state index contributed by atoms with van der Waals surface area (Å²) in [5, 5.41) is 3.42. The number of hydrogen-bond donors (Lipinski definition) is 1. The van der Waals surface area contributed by atoms with E-state index < -0.39 is 0 Å². The molecule has 28 heavy (non-hydrogen) atoms. The summed E-state index contributed by atoms with van der Waals surface area (Å²) < 4.78 is 0. The normalized spacial score (nSPS) is 12.6. The van der Waals surface area contributed by atoms with Crippen molar-refractivity contribution in [3.8, 4) is 0 Å². The Morgan fingerprint density at radius 2 is 1.36 bits per heavy atom. The molecule has 0 aliphatic heterocycles. The van der Waals surface area contributed by atoms with Crippen LogP contribution in [0.3, 0.4) is 0 Å². The molecule has 1 N–H and O–H groups in total. The fourth-order valence-electron chi connectivity index (χ4n) is 3.99. The Hall–Kier alpha value is -2.42. The molecule has 1 aliphatic rings. The minimum absolute atomic E-state index is 0.00657. The summed E-state index contributed by atoms with van der Waals surface area (Å²) in [5.74, 6) is -0.0356. The minimum atomic E-state index is -0.0291. The van der Waals surface area contributed by atoms with Crippen LogP contribution in [-0.4, -0.2) is 18.1 Å². The standard InChI is InChI=1S/C25H31NO2/c1-3-5-7-8-12-18-15-16-21(26-17-11-6-4-2)23-22(18)24(27)19-13-9-10-14-20(19)25(23)28/h9-10,13-16,26H,3-8,11-12,17H2,1-2H3. The summed E-state index contributed by atoms with van der Waals surface area (Å²) in [6.07, 6.45) is 8.80. The summed E-state index contributed by atoms with van der Waals surface area (Å²) in [7, 11) is 0. The maximum absolute atomic E-state index is 13.3. The molecule has 0 heterocycles. The number of anilines is 1. The lowest BCUT2D eigenvalue weighted by Crippen LogP contribution is -2.24. The van der Waals surface area contributed by atoms with Gasteiger partial charge in [0.25, 0.3) is 0 Å². The number of carbonyl (C=O) groups excluding carboxylic acids is 2. The van der Waals surface area contributed by atoms with Gasteiger partial charge in [0, 0.05) is 28.9 Å². The molecular weight excluding hydrogens is 346 g/mol. The Balaban J connectivity index is 1.97. The lowest BCUT2D eigenvalue weighted by atomic mass is 9.80. The average Bonchev–Trinajstić information content (AvgIpc) is 2.72. The number of fused-ring (bicyclic) bond motifs is 2. The SMILES string of the molecule is CCCCCCc1ccc(NCCCCC)c2c1C(=O)c1ccccc1C2=O. The highest BCUT2D eigenvalue weighted by molar-refractivity contribution is 6.30. The van der Waals surface area contributed by atoms with Crippen molar-refractivity contribution >= 4 is 17.3 Å². The van der Waals surface area contributed by atoms with Crippen LogP contribution in [0.1, 0.15) is 96.2 Å². The Morgan fingerprint density at radius 1 is 0.714 bits per heavy atom. The van der Waals surface area contributed by atoms with E-state index >= 15 is 0 Å². The maximum atomic E-state index is 13.3. The molecule has 0 fully saturated rings. The second kappa shape index (κ2) is 9.68. The Labute approximate surface area is 168 Å². The van der Waals surface area contributed by atoms with E-state index in [0.29, 0.717) is 22.3 Å². The lowest BCUT2D eigenvalue weighted by Gasteiger charge is -2.23. The van der Waals surface area contributed by atoms with E-state index in [1.54, 1.807) is 12.1 Å². The van der Waals surface area contributed by atoms with E-state index in [-0.39, 0.29) is 11.6 Å². The van der Waals surface area contributed by atoms with Crippen molar-refractivity contribution in [2.75, 3.05) is 11.9 Å². The van der Waals surface area contributed by atoms with Crippen molar-refractivity contribution in [2.24, 2.45) is 0 Å². The molecule has 2 aromatic rings. The Bertz CT molecular complexity index is 784. The third-order valence-electron chi connectivity index (χ3n) is 5.56. The van der Waals surface area contributed by atoms with Gasteiger partial charge >= 0.3 is 0 Å². The largest absolute Gasteiger partial charge is 0.384 e. The number of aryl methyl sites for hydroxylation is 1. The minimum Gasteiger partial charge on any atom is -0.384 e. The van der Waals surface area contributed by atoms with Crippen LogP contribution in [-0.2, 0) is 6.42 Å². The predicted molar refractivity (Wildman–Crippen MR) is 116 cm³/mol. The smallest absolute Gasteiger partial charge is 0.196 e. The Morgan fingerprint density at radius 3 is 2.04 bits per heavy atom. The number of ketones is 2. The van der Waals surface area contributed by atoms with E-state index in [0.717, 1.165) is 56.3 Å². The van der Waals surface area contributed by atoms with Gasteiger partial charge in [-0.25, -0.2) is 0 Å². The highest BCUT2D eigenvalue weighted by atomic mass is 16.1. The van der Waals surface area contributed by atoms with Crippen molar-refractivity contribution in [3.63, 3.8) is 0 Å². The molecule has 0 radical (unpaired) electrons. The van der Waals surface area contributed by atoms with Crippen LogP contribution >= 0.6 is 0 Å². The van der Waals surface area contributed by atoms with Crippen LogP contribution in [0.15, 0.2) is 36.4 Å². The third kappa shape index (κ3) is 4.19. The van der Waals surface area contributed by atoms with Gasteiger partial charge in [-0.05, 0) is 30.9 Å². The van der Waals surface area contributed by atoms with Gasteiger partial charge in [0.05, 0.1) is 5.56 Å². The molecule has 0 atom stereocenters. The van der Waals surface area contributed by atoms with Crippen molar-refractivity contribution < 1.29 is 9.59 Å². The first kappa shape index (κ1) is 20.3. The second-order valence-electron chi connectivity index (χ2n) is 7.67. The first-order valence-corrected chi connectivity index (χ1v) is 10.8. The van der Waals surface area contributed by atoms with Gasteiger partial charge in [-0.15, -0.1) is 0 Å². The first-order chi connectivity index (χ1) is 13.7. The van der Waals surface area contributed by atoms with Crippen LogP contribution in [0.2, 0.25) is 0 Å². The summed E-state index contributed by atoms with van der Waals surface area (Å²) in [5.41, 5.74) is 4.08. The van der Waals surface area contributed by atoms with Gasteiger partial charge in [-0.1, -0.05) is 76.3 Å². The molecule has 3 heteroatoms. The number of hydrogen-bond acceptors (Lipinski definition) is 3. The molecule has 3 rings (SSSR count). The predicted octanol–water partition coefficient (Wildman–Crippen LogP) is 6.19. The van der Waals surface area contributed by atoms with Gasteiger partial charge in [0.2, 0.25) is 0 Å². The molecule has 3 nitrogen and oxygen atoms in total. The number of carbonyl (C=O) groups is 2. The molecule has 0 saturated heterocycles. The zero-order chi connectivity index (χ0) is 19.9. The number of unbranched alkanes of at least 4 members (excludes halogenated alkanes) is 5. The van der Waals surface area contributed by atoms with Crippen molar-refractivity contribution in [1.29, 1.82) is 0 Å². The van der Waals surface area contributed by atoms with Crippen LogP contribution in [0, 0.1) is 0 Å². The summed E-state index contributed by atoms with van der Waals surface area (Å²) >= 11 is 0. The van der Waals surface area contributed by atoms with E-state index in [1.165, 1.54) is 12.8 Å². The molecule has 0 bridgehead atoms. The summed E-state index contributed by atoms with van der Waals surface area (Å²) in [6, 6.07) is 11.3. The summed E-state index contributed by atoms with van der Waals surface area (Å²) in [6.45, 7) is 5.19. The van der Waals surface area contributed by atoms with E-state index in [2.05, 4.69) is 19.2 Å². The van der Waals surface area contributed by atoms with Gasteiger partial charge in [0.1, 0.15) is 0 Å². The number of benzene rings is 2. The highest BCUT2D eigenvalue weighted by Gasteiger charge is 2.33. The average molecular weight is 378 g/mol. The second-order valence-corrected chi connectivity index (χ2v) is 7.67. The monoisotopic (exact) mass is 377 g/mol. The van der Waals surface area contributed by atoms with Crippen LogP contribution in [0.25, 0.3) is 0 Å². The van der Waals surface area contributed by atoms with Crippen LogP contribution < -0.4 is 5.32 Å². The third-order valence-corrected chi connectivity index (χ3v) is 5.56. The first-order valence-electron chi connectivity index (χ1n) is 10.8. The molecule has 0 aromatic heterocycles. The topological polar surface area (TPSA) is 46.2 Å². The molecular formula is C25H31NO2. The zero-order valence-corrected chi connectivity index (χ0v) is 17.1. The molecule has 0 unspecified atom stereocenters. The molecule has 1 aliphatic carbocycles. The molecule has 0 saturated carbocycles. The quantitative estimate of drug-likeness (QED) is 0.429. The van der Waals surface area contributed by atoms with E-state index in [1.807, 2.05) is 24.3 Å². The van der Waals surface area contributed by atoms with Crippen molar-refractivity contribution in [2.45, 2.75) is 65.2 Å². The lowest BCUT2D eigenvalue weighted by molar-refractivity contribution is 0.0979. The van der Waals surface area contributed by atoms with Gasteiger partial charge < -0.3 is 5.32 Å². The molecule has 148 valence electrons. The zero-order valence-electron chi connectivity index (χ0n) is 17.1. The van der Waals surface area contributed by atoms with E-state index in [4.69, 9.17) is 0 Å². The number of nitrogens with one attached hydrogen (secondary N) is 1. The Kier molecular flexibility index (Phi) is 7.02. The fraction of sp³-hybridized carbons (Fsp3) is 0.440. The van der Waals surface area contributed by atoms with Crippen LogP contribution in [0.4, 0.5) is 5.69 Å². The highest BCUT2D eigenvalue weighted by Crippen LogP contribution is 2.35. The fourth-order valence-corrected chi connectivity index (χ4v) is 3.99. The van der Waals surface area contributed by atoms with Crippen molar-refractivity contribution in [1.82, 2.24) is 0 Å². The van der Waals surface area contributed by atoms with E-state index in [9.17, 15) is 9.59 Å². The molecule has 2 aromatic carbocycles. The van der Waals surface area contributed by atoms with Crippen molar-refractivity contribution in [3.05, 3.63) is 64.2 Å². The maximum Gasteiger partial charge on any atom is 0.196 e.